The molecule has 2 aromatic carbocycles. The molecule has 0 atom stereocenters. The zero-order valence-electron chi connectivity index (χ0n) is 12.2. The Morgan fingerprint density at radius 1 is 1.05 bits per heavy atom. The second-order valence-electron chi connectivity index (χ2n) is 5.39. The number of rotatable bonds is 4. The smallest absolute Gasteiger partial charge is 0.193 e. The molecule has 2 aromatic rings. The second-order valence-corrected chi connectivity index (χ2v) is 5.39. The summed E-state index contributed by atoms with van der Waals surface area (Å²) in [6, 6.07) is 16.6. The van der Waals surface area contributed by atoms with Crippen LogP contribution >= 0.6 is 0 Å². The largest absolute Gasteiger partial charge is 0.292 e. The predicted octanol–water partition coefficient (Wildman–Crippen LogP) is 3.16. The van der Waals surface area contributed by atoms with E-state index in [1.54, 1.807) is 24.3 Å². The van der Waals surface area contributed by atoms with Crippen molar-refractivity contribution in [3.05, 3.63) is 82.9 Å². The summed E-state index contributed by atoms with van der Waals surface area (Å²) in [6.45, 7) is 2.76. The summed E-state index contributed by atoms with van der Waals surface area (Å²) in [5, 5.41) is 8.95. The van der Waals surface area contributed by atoms with E-state index >= 15 is 0 Å². The van der Waals surface area contributed by atoms with Crippen molar-refractivity contribution in [2.75, 3.05) is 13.1 Å². The fourth-order valence-electron chi connectivity index (χ4n) is 2.62. The first kappa shape index (κ1) is 14.2. The van der Waals surface area contributed by atoms with Crippen molar-refractivity contribution in [3.8, 4) is 6.07 Å². The standard InChI is InChI=1S/C19H16N2O/c20-13-15-5-3-7-17(11-15)19(22)18-8-4-6-16(12-18)14-21-9-1-2-10-21/h1-8,11-12H,9-10,14H2. The van der Waals surface area contributed by atoms with Crippen LogP contribution in [0.1, 0.15) is 27.0 Å². The topological polar surface area (TPSA) is 44.1 Å². The first-order chi connectivity index (χ1) is 10.8. The van der Waals surface area contributed by atoms with Gasteiger partial charge in [-0.05, 0) is 23.8 Å². The number of benzene rings is 2. The van der Waals surface area contributed by atoms with Crippen LogP contribution in [0.2, 0.25) is 0 Å². The van der Waals surface area contributed by atoms with Crippen molar-refractivity contribution < 1.29 is 4.79 Å². The van der Waals surface area contributed by atoms with Crippen LogP contribution in [-0.2, 0) is 6.54 Å². The van der Waals surface area contributed by atoms with E-state index in [2.05, 4.69) is 23.1 Å². The molecule has 1 heterocycles. The summed E-state index contributed by atoms with van der Waals surface area (Å²) >= 11 is 0. The van der Waals surface area contributed by atoms with E-state index in [4.69, 9.17) is 5.26 Å². The molecule has 108 valence electrons. The Morgan fingerprint density at radius 3 is 2.45 bits per heavy atom. The van der Waals surface area contributed by atoms with Crippen molar-refractivity contribution >= 4 is 5.78 Å². The highest BCUT2D eigenvalue weighted by molar-refractivity contribution is 6.09. The number of carbonyl (C=O) groups excluding carboxylic acids is 1. The third-order valence-electron chi connectivity index (χ3n) is 3.74. The minimum absolute atomic E-state index is 0.0431. The average molecular weight is 288 g/mol. The predicted molar refractivity (Wildman–Crippen MR) is 85.4 cm³/mol. The molecule has 0 fully saturated rings. The Hall–Kier alpha value is -2.70. The molecule has 3 nitrogen and oxygen atoms in total. The molecule has 0 aromatic heterocycles. The lowest BCUT2D eigenvalue weighted by Gasteiger charge is -2.15. The first-order valence-electron chi connectivity index (χ1n) is 7.27. The van der Waals surface area contributed by atoms with Gasteiger partial charge in [-0.2, -0.15) is 5.26 Å². The van der Waals surface area contributed by atoms with Gasteiger partial charge in [-0.15, -0.1) is 0 Å². The van der Waals surface area contributed by atoms with Gasteiger partial charge in [0.05, 0.1) is 11.6 Å². The lowest BCUT2D eigenvalue weighted by atomic mass is 10.00. The second kappa shape index (κ2) is 6.38. The molecule has 0 N–H and O–H groups in total. The highest BCUT2D eigenvalue weighted by atomic mass is 16.1. The molecule has 22 heavy (non-hydrogen) atoms. The molecule has 3 rings (SSSR count). The Labute approximate surface area is 130 Å². The number of hydrogen-bond acceptors (Lipinski definition) is 3. The van der Waals surface area contributed by atoms with Gasteiger partial charge in [0.2, 0.25) is 0 Å². The van der Waals surface area contributed by atoms with Crippen LogP contribution in [0.3, 0.4) is 0 Å². The summed E-state index contributed by atoms with van der Waals surface area (Å²) < 4.78 is 0. The maximum absolute atomic E-state index is 12.6. The van der Waals surface area contributed by atoms with Crippen molar-refractivity contribution in [3.63, 3.8) is 0 Å². The van der Waals surface area contributed by atoms with Crippen molar-refractivity contribution in [2.24, 2.45) is 0 Å². The Morgan fingerprint density at radius 2 is 1.73 bits per heavy atom. The third-order valence-corrected chi connectivity index (χ3v) is 3.74. The van der Waals surface area contributed by atoms with Crippen LogP contribution in [0.25, 0.3) is 0 Å². The molecule has 0 aliphatic carbocycles. The molecule has 3 heteroatoms. The lowest BCUT2D eigenvalue weighted by Crippen LogP contribution is -2.19. The van der Waals surface area contributed by atoms with Gasteiger partial charge in [0.1, 0.15) is 0 Å². The summed E-state index contributed by atoms with van der Waals surface area (Å²) in [5.41, 5.74) is 2.86. The van der Waals surface area contributed by atoms with Gasteiger partial charge in [-0.25, -0.2) is 0 Å². The maximum Gasteiger partial charge on any atom is 0.193 e. The van der Waals surface area contributed by atoms with E-state index in [0.717, 1.165) is 25.2 Å². The van der Waals surface area contributed by atoms with Crippen LogP contribution in [0.4, 0.5) is 0 Å². The summed E-state index contributed by atoms with van der Waals surface area (Å²) in [5.74, 6) is -0.0431. The molecule has 0 amide bonds. The number of nitrogens with zero attached hydrogens (tertiary/aromatic N) is 2. The van der Waals surface area contributed by atoms with E-state index in [-0.39, 0.29) is 5.78 Å². The fraction of sp³-hybridized carbons (Fsp3) is 0.158. The first-order valence-corrected chi connectivity index (χ1v) is 7.27. The van der Waals surface area contributed by atoms with Crippen LogP contribution < -0.4 is 0 Å². The van der Waals surface area contributed by atoms with E-state index < -0.39 is 0 Å². The minimum Gasteiger partial charge on any atom is -0.292 e. The molecule has 1 aliphatic heterocycles. The monoisotopic (exact) mass is 288 g/mol. The van der Waals surface area contributed by atoms with E-state index in [9.17, 15) is 4.79 Å². The van der Waals surface area contributed by atoms with Crippen molar-refractivity contribution in [2.45, 2.75) is 6.54 Å². The van der Waals surface area contributed by atoms with E-state index in [1.807, 2.05) is 24.3 Å². The van der Waals surface area contributed by atoms with Gasteiger partial charge in [0.25, 0.3) is 0 Å². The van der Waals surface area contributed by atoms with Gasteiger partial charge in [0, 0.05) is 30.8 Å². The summed E-state index contributed by atoms with van der Waals surface area (Å²) in [6.07, 6.45) is 4.31. The molecule has 0 saturated carbocycles. The van der Waals surface area contributed by atoms with Crippen molar-refractivity contribution in [1.82, 2.24) is 4.90 Å². The zero-order valence-corrected chi connectivity index (χ0v) is 12.2. The van der Waals surface area contributed by atoms with Crippen LogP contribution in [0.5, 0.6) is 0 Å². The molecule has 0 spiro atoms. The molecule has 0 unspecified atom stereocenters. The molecule has 0 radical (unpaired) electrons. The summed E-state index contributed by atoms with van der Waals surface area (Å²) in [4.78, 5) is 14.9. The molecular weight excluding hydrogens is 272 g/mol. The Balaban J connectivity index is 1.81. The lowest BCUT2D eigenvalue weighted by molar-refractivity contribution is 0.103. The van der Waals surface area contributed by atoms with Gasteiger partial charge in [-0.3, -0.25) is 9.69 Å². The fourth-order valence-corrected chi connectivity index (χ4v) is 2.62. The van der Waals surface area contributed by atoms with Gasteiger partial charge in [-0.1, -0.05) is 42.5 Å². The molecule has 0 bridgehead atoms. The van der Waals surface area contributed by atoms with Crippen LogP contribution in [0, 0.1) is 11.3 Å². The van der Waals surface area contributed by atoms with Crippen LogP contribution in [0.15, 0.2) is 60.7 Å². The highest BCUT2D eigenvalue weighted by Crippen LogP contribution is 2.15. The quantitative estimate of drug-likeness (QED) is 0.641. The highest BCUT2D eigenvalue weighted by Gasteiger charge is 2.12. The maximum atomic E-state index is 12.6. The minimum atomic E-state index is -0.0431. The van der Waals surface area contributed by atoms with Gasteiger partial charge in [0.15, 0.2) is 5.78 Å². The molecular formula is C19H16N2O. The Bertz CT molecular complexity index is 763. The molecule has 0 saturated heterocycles. The SMILES string of the molecule is N#Cc1cccc(C(=O)c2cccc(CN3CC=CC3)c2)c1. The van der Waals surface area contributed by atoms with Gasteiger partial charge < -0.3 is 0 Å². The van der Waals surface area contributed by atoms with Gasteiger partial charge >= 0.3 is 0 Å². The number of carbonyl (C=O) groups is 1. The van der Waals surface area contributed by atoms with E-state index in [0.29, 0.717) is 16.7 Å². The van der Waals surface area contributed by atoms with Crippen molar-refractivity contribution in [1.29, 1.82) is 5.26 Å². The zero-order chi connectivity index (χ0) is 15.4. The summed E-state index contributed by atoms with van der Waals surface area (Å²) in [7, 11) is 0. The molecule has 1 aliphatic rings. The number of hydrogen-bond donors (Lipinski definition) is 0. The van der Waals surface area contributed by atoms with E-state index in [1.165, 1.54) is 0 Å². The number of nitriles is 1. The third kappa shape index (κ3) is 3.13. The normalized spacial score (nSPS) is 14.0. The number of ketones is 1. The average Bonchev–Trinajstić information content (AvgIpc) is 3.07. The van der Waals surface area contributed by atoms with Crippen LogP contribution in [-0.4, -0.2) is 23.8 Å². The Kier molecular flexibility index (Phi) is 4.13.